The molecule has 0 nitrogen and oxygen atoms in total. The lowest BCUT2D eigenvalue weighted by Gasteiger charge is -2.19. The van der Waals surface area contributed by atoms with Gasteiger partial charge in [-0.15, -0.1) is 0 Å². The van der Waals surface area contributed by atoms with Crippen molar-refractivity contribution in [3.05, 3.63) is 231 Å². The van der Waals surface area contributed by atoms with Crippen LogP contribution in [0.5, 0.6) is 0 Å². The van der Waals surface area contributed by atoms with Crippen molar-refractivity contribution < 1.29 is 0 Å². The van der Waals surface area contributed by atoms with Crippen LogP contribution in [-0.2, 0) is 0 Å². The molecular formula is C58H38. The molecule has 270 valence electrons. The van der Waals surface area contributed by atoms with E-state index in [0.717, 1.165) is 0 Å². The van der Waals surface area contributed by atoms with E-state index in [1.807, 2.05) is 0 Å². The third-order valence-electron chi connectivity index (χ3n) is 11.9. The quantitative estimate of drug-likeness (QED) is 0.149. The van der Waals surface area contributed by atoms with E-state index in [1.165, 1.54) is 110 Å². The van der Waals surface area contributed by atoms with E-state index in [9.17, 15) is 0 Å². The first-order valence-corrected chi connectivity index (χ1v) is 20.1. The maximum absolute atomic E-state index is 2.32. The van der Waals surface area contributed by atoms with Crippen LogP contribution in [0, 0.1) is 0 Å². The van der Waals surface area contributed by atoms with Crippen molar-refractivity contribution in [1.29, 1.82) is 0 Å². The first-order valence-electron chi connectivity index (χ1n) is 20.1. The molecule has 58 heavy (non-hydrogen) atoms. The second-order valence-corrected chi connectivity index (χ2v) is 15.1. The lowest BCUT2D eigenvalue weighted by molar-refractivity contribution is 1.60. The van der Waals surface area contributed by atoms with Gasteiger partial charge in [-0.25, -0.2) is 0 Å². The summed E-state index contributed by atoms with van der Waals surface area (Å²) in [4.78, 5) is 0. The molecule has 0 saturated carbocycles. The van der Waals surface area contributed by atoms with Crippen LogP contribution in [0.2, 0.25) is 0 Å². The van der Waals surface area contributed by atoms with E-state index >= 15 is 0 Å². The molecule has 0 heterocycles. The number of hydrogen-bond donors (Lipinski definition) is 0. The Labute approximate surface area is 339 Å². The number of hydrogen-bond acceptors (Lipinski definition) is 0. The highest BCUT2D eigenvalue weighted by Gasteiger charge is 2.19. The van der Waals surface area contributed by atoms with Crippen LogP contribution in [0.4, 0.5) is 0 Å². The molecular weight excluding hydrogens is 697 g/mol. The molecule has 0 aromatic heterocycles. The summed E-state index contributed by atoms with van der Waals surface area (Å²) in [7, 11) is 0. The van der Waals surface area contributed by atoms with E-state index in [2.05, 4.69) is 231 Å². The Balaban J connectivity index is 1.05. The van der Waals surface area contributed by atoms with Crippen LogP contribution in [0.3, 0.4) is 0 Å². The Morgan fingerprint density at radius 1 is 0.155 bits per heavy atom. The summed E-state index contributed by atoms with van der Waals surface area (Å²) < 4.78 is 0. The lowest BCUT2D eigenvalue weighted by Crippen LogP contribution is -1.92. The minimum absolute atomic E-state index is 1.21. The summed E-state index contributed by atoms with van der Waals surface area (Å²) in [5, 5.41) is 10.0. The van der Waals surface area contributed by atoms with E-state index in [0.29, 0.717) is 0 Å². The van der Waals surface area contributed by atoms with Crippen molar-refractivity contribution in [1.82, 2.24) is 0 Å². The van der Waals surface area contributed by atoms with Gasteiger partial charge in [0.15, 0.2) is 0 Å². The fraction of sp³-hybridized carbons (Fsp3) is 0. The van der Waals surface area contributed by atoms with E-state index in [1.54, 1.807) is 0 Å². The molecule has 0 fully saturated rings. The lowest BCUT2D eigenvalue weighted by atomic mass is 9.84. The zero-order valence-electron chi connectivity index (χ0n) is 31.9. The third kappa shape index (κ3) is 5.69. The molecule has 0 aliphatic carbocycles. The summed E-state index contributed by atoms with van der Waals surface area (Å²) in [6.07, 6.45) is 0. The predicted molar refractivity (Wildman–Crippen MR) is 249 cm³/mol. The first kappa shape index (κ1) is 33.8. The highest BCUT2D eigenvalue weighted by Crippen LogP contribution is 2.46. The van der Waals surface area contributed by atoms with Crippen molar-refractivity contribution in [3.8, 4) is 66.8 Å². The molecule has 0 unspecified atom stereocenters. The largest absolute Gasteiger partial charge is 0.0622 e. The van der Waals surface area contributed by atoms with Crippen molar-refractivity contribution in [2.45, 2.75) is 0 Å². The zero-order chi connectivity index (χ0) is 38.4. The van der Waals surface area contributed by atoms with Gasteiger partial charge in [0, 0.05) is 0 Å². The van der Waals surface area contributed by atoms with Crippen LogP contribution in [0.15, 0.2) is 231 Å². The van der Waals surface area contributed by atoms with Crippen molar-refractivity contribution in [3.63, 3.8) is 0 Å². The van der Waals surface area contributed by atoms with Crippen LogP contribution in [0.25, 0.3) is 110 Å². The maximum atomic E-state index is 2.32. The third-order valence-corrected chi connectivity index (χ3v) is 11.9. The Bertz CT molecular complexity index is 3230. The molecule has 0 atom stereocenters. The molecule has 11 aromatic rings. The topological polar surface area (TPSA) is 0 Å². The molecule has 11 aromatic carbocycles. The van der Waals surface area contributed by atoms with Crippen LogP contribution >= 0.6 is 0 Å². The fourth-order valence-corrected chi connectivity index (χ4v) is 9.24. The zero-order valence-corrected chi connectivity index (χ0v) is 31.9. The summed E-state index contributed by atoms with van der Waals surface area (Å²) >= 11 is 0. The number of rotatable bonds is 6. The van der Waals surface area contributed by atoms with Gasteiger partial charge in [0.1, 0.15) is 0 Å². The van der Waals surface area contributed by atoms with Gasteiger partial charge in [-0.05, 0) is 110 Å². The van der Waals surface area contributed by atoms with Crippen molar-refractivity contribution in [2.75, 3.05) is 0 Å². The molecule has 11 rings (SSSR count). The van der Waals surface area contributed by atoms with Gasteiger partial charge >= 0.3 is 0 Å². The molecule has 0 radical (unpaired) electrons. The highest BCUT2D eigenvalue weighted by molar-refractivity contribution is 6.21. The van der Waals surface area contributed by atoms with Gasteiger partial charge < -0.3 is 0 Å². The van der Waals surface area contributed by atoms with Gasteiger partial charge in [-0.2, -0.15) is 0 Å². The van der Waals surface area contributed by atoms with Gasteiger partial charge in [0.05, 0.1) is 0 Å². The van der Waals surface area contributed by atoms with Gasteiger partial charge in [-0.3, -0.25) is 0 Å². The first-order chi connectivity index (χ1) is 28.8. The second-order valence-electron chi connectivity index (χ2n) is 15.1. The van der Waals surface area contributed by atoms with Crippen molar-refractivity contribution in [2.24, 2.45) is 0 Å². The Morgan fingerprint density at radius 3 is 0.845 bits per heavy atom. The minimum atomic E-state index is 1.21. The standard InChI is InChI=1S/C58H38/c1-3-15-39(16-4-1)49-37-35-41-18-8-10-22-48(41)56(49)44-31-33-46(34-32-44)58-53-25-13-11-23-51(53)57(52-24-12-14-26-54(52)58)45-29-27-42(28-30-45)50-38-36-40-17-7-9-21-47(40)55(50)43-19-5-2-6-20-43/h1-38H. The smallest absolute Gasteiger partial charge is 0.00264 e. The predicted octanol–water partition coefficient (Wildman–Crippen LogP) is 16.3. The minimum Gasteiger partial charge on any atom is -0.0622 e. The molecule has 0 heteroatoms. The number of benzene rings is 11. The molecule has 0 aliphatic rings. The van der Waals surface area contributed by atoms with E-state index in [-0.39, 0.29) is 0 Å². The summed E-state index contributed by atoms with van der Waals surface area (Å²) in [5.74, 6) is 0. The molecule has 0 saturated heterocycles. The van der Waals surface area contributed by atoms with E-state index in [4.69, 9.17) is 0 Å². The van der Waals surface area contributed by atoms with Gasteiger partial charge in [0.25, 0.3) is 0 Å². The van der Waals surface area contributed by atoms with E-state index < -0.39 is 0 Å². The monoisotopic (exact) mass is 734 g/mol. The van der Waals surface area contributed by atoms with Crippen LogP contribution < -0.4 is 0 Å². The van der Waals surface area contributed by atoms with Gasteiger partial charge in [-0.1, -0.05) is 231 Å². The summed E-state index contributed by atoms with van der Waals surface area (Å²) in [5.41, 5.74) is 14.9. The summed E-state index contributed by atoms with van der Waals surface area (Å²) in [6.45, 7) is 0. The second kappa shape index (κ2) is 14.2. The molecule has 0 N–H and O–H groups in total. The normalized spacial score (nSPS) is 11.4. The van der Waals surface area contributed by atoms with Gasteiger partial charge in [0.2, 0.25) is 0 Å². The van der Waals surface area contributed by atoms with Crippen LogP contribution in [-0.4, -0.2) is 0 Å². The maximum Gasteiger partial charge on any atom is -0.00264 e. The Kier molecular flexibility index (Phi) is 8.26. The number of fused-ring (bicyclic) bond motifs is 4. The molecule has 0 bridgehead atoms. The molecule has 0 amide bonds. The highest BCUT2D eigenvalue weighted by atomic mass is 14.2. The summed E-state index contributed by atoms with van der Waals surface area (Å²) in [6, 6.07) is 84.4. The van der Waals surface area contributed by atoms with Crippen molar-refractivity contribution >= 4 is 43.1 Å². The van der Waals surface area contributed by atoms with Crippen LogP contribution in [0.1, 0.15) is 0 Å². The SMILES string of the molecule is c1ccc(-c2ccc3ccccc3c2-c2ccc(-c3c4ccccc4c(-c4ccc(-c5ccc6ccccc6c5-c5ccccc5)cc4)c4ccccc34)cc2)cc1. The average molecular weight is 735 g/mol. The molecule has 0 aliphatic heterocycles. The average Bonchev–Trinajstić information content (AvgIpc) is 3.31. The molecule has 0 spiro atoms. The fourth-order valence-electron chi connectivity index (χ4n) is 9.24. The Morgan fingerprint density at radius 2 is 0.431 bits per heavy atom. The Hall–Kier alpha value is -7.54.